The normalized spacial score (nSPS) is 12.1. The highest BCUT2D eigenvalue weighted by molar-refractivity contribution is 5.76. The summed E-state index contributed by atoms with van der Waals surface area (Å²) in [6.45, 7) is 5.42. The molecule has 2 aromatic carbocycles. The summed E-state index contributed by atoms with van der Waals surface area (Å²) in [7, 11) is 0. The third kappa shape index (κ3) is 9.19. The topological polar surface area (TPSA) is 88.1 Å². The molecule has 0 aliphatic carbocycles. The van der Waals surface area contributed by atoms with Crippen LogP contribution in [0, 0.1) is 0 Å². The molecule has 0 aliphatic rings. The lowest BCUT2D eigenvalue weighted by molar-refractivity contribution is -0.135. The molecular weight excluding hydrogens is 396 g/mol. The Morgan fingerprint density at radius 2 is 1.58 bits per heavy atom. The van der Waals surface area contributed by atoms with Crippen molar-refractivity contribution < 1.29 is 24.3 Å². The summed E-state index contributed by atoms with van der Waals surface area (Å²) in [5.74, 6) is -0.360. The Hall–Kier alpha value is -2.90. The molecule has 2 amide bonds. The number of hydrogen-bond donors (Lipinski definition) is 2. The third-order valence-corrected chi connectivity index (χ3v) is 4.44. The van der Waals surface area contributed by atoms with Gasteiger partial charge in [-0.15, -0.1) is 0 Å². The summed E-state index contributed by atoms with van der Waals surface area (Å²) in [5.41, 5.74) is 3.62. The van der Waals surface area contributed by atoms with Gasteiger partial charge < -0.3 is 14.7 Å². The molecule has 0 spiro atoms. The largest absolute Gasteiger partial charge is 0.444 e. The Bertz CT molecular complexity index is 806. The van der Waals surface area contributed by atoms with E-state index in [1.165, 1.54) is 4.90 Å². The monoisotopic (exact) mass is 428 g/mol. The summed E-state index contributed by atoms with van der Waals surface area (Å²) in [6, 6.07) is 18.5. The molecule has 7 heteroatoms. The lowest BCUT2D eigenvalue weighted by Crippen LogP contribution is -2.47. The van der Waals surface area contributed by atoms with Crippen molar-refractivity contribution in [2.45, 2.75) is 51.9 Å². The van der Waals surface area contributed by atoms with Crippen LogP contribution in [0.3, 0.4) is 0 Å². The van der Waals surface area contributed by atoms with Crippen molar-refractivity contribution >= 4 is 12.0 Å². The third-order valence-electron chi connectivity index (χ3n) is 4.44. The Kier molecular flexibility index (Phi) is 9.49. The Balaban J connectivity index is 1.96. The predicted molar refractivity (Wildman–Crippen MR) is 118 cm³/mol. The van der Waals surface area contributed by atoms with Crippen molar-refractivity contribution in [1.82, 2.24) is 10.4 Å². The number of aliphatic hydroxyl groups excluding tert-OH is 1. The molecule has 2 N–H and O–H groups in total. The van der Waals surface area contributed by atoms with Crippen molar-refractivity contribution in [1.29, 1.82) is 0 Å². The molecule has 1 unspecified atom stereocenters. The standard InChI is InChI=1S/C24H32N2O5/c1-24(2,3)31-23(29)26(21(17-27)16-19-10-6-4-7-11-19)15-14-22(28)25-30-18-20-12-8-5-9-13-20/h4-13,21,27H,14-18H2,1-3H3,(H,25,28). The van der Waals surface area contributed by atoms with Gasteiger partial charge in [0, 0.05) is 13.0 Å². The minimum atomic E-state index is -0.691. The number of benzene rings is 2. The molecule has 2 aromatic rings. The van der Waals surface area contributed by atoms with E-state index in [0.717, 1.165) is 11.1 Å². The molecule has 0 fully saturated rings. The fourth-order valence-corrected chi connectivity index (χ4v) is 2.95. The minimum absolute atomic E-state index is 0.0132. The molecular formula is C24H32N2O5. The first-order valence-corrected chi connectivity index (χ1v) is 10.4. The van der Waals surface area contributed by atoms with Crippen LogP contribution >= 0.6 is 0 Å². The van der Waals surface area contributed by atoms with E-state index in [0.29, 0.717) is 6.42 Å². The van der Waals surface area contributed by atoms with Crippen molar-refractivity contribution in [3.8, 4) is 0 Å². The number of aliphatic hydroxyl groups is 1. The number of hydrogen-bond acceptors (Lipinski definition) is 5. The number of carbonyl (C=O) groups is 2. The highest BCUT2D eigenvalue weighted by atomic mass is 16.6. The molecule has 0 heterocycles. The fraction of sp³-hybridized carbons (Fsp3) is 0.417. The molecule has 1 atom stereocenters. The zero-order valence-corrected chi connectivity index (χ0v) is 18.4. The first-order valence-electron chi connectivity index (χ1n) is 10.4. The maximum absolute atomic E-state index is 12.8. The molecule has 0 saturated carbocycles. The van der Waals surface area contributed by atoms with Gasteiger partial charge in [0.2, 0.25) is 5.91 Å². The lowest BCUT2D eigenvalue weighted by atomic mass is 10.1. The van der Waals surface area contributed by atoms with E-state index in [1.54, 1.807) is 20.8 Å². The van der Waals surface area contributed by atoms with Crippen molar-refractivity contribution in [2.75, 3.05) is 13.2 Å². The van der Waals surface area contributed by atoms with Crippen LogP contribution in [0.2, 0.25) is 0 Å². The Labute approximate surface area is 183 Å². The van der Waals surface area contributed by atoms with Gasteiger partial charge in [0.15, 0.2) is 0 Å². The lowest BCUT2D eigenvalue weighted by Gasteiger charge is -2.32. The zero-order valence-electron chi connectivity index (χ0n) is 18.4. The van der Waals surface area contributed by atoms with Gasteiger partial charge in [0.1, 0.15) is 5.60 Å². The summed E-state index contributed by atoms with van der Waals surface area (Å²) in [4.78, 5) is 31.7. The van der Waals surface area contributed by atoms with Crippen molar-refractivity contribution in [3.05, 3.63) is 71.8 Å². The van der Waals surface area contributed by atoms with Crippen LogP contribution in [-0.2, 0) is 27.4 Å². The predicted octanol–water partition coefficient (Wildman–Crippen LogP) is 3.47. The Morgan fingerprint density at radius 1 is 1.00 bits per heavy atom. The van der Waals surface area contributed by atoms with Gasteiger partial charge in [0.25, 0.3) is 0 Å². The highest BCUT2D eigenvalue weighted by Gasteiger charge is 2.28. The first kappa shape index (κ1) is 24.4. The average Bonchev–Trinajstić information content (AvgIpc) is 2.73. The van der Waals surface area contributed by atoms with Gasteiger partial charge in [-0.1, -0.05) is 60.7 Å². The van der Waals surface area contributed by atoms with E-state index in [1.807, 2.05) is 60.7 Å². The quantitative estimate of drug-likeness (QED) is 0.566. The van der Waals surface area contributed by atoms with Crippen LogP contribution in [0.25, 0.3) is 0 Å². The summed E-state index contributed by atoms with van der Waals surface area (Å²) >= 11 is 0. The molecule has 0 aliphatic heterocycles. The van der Waals surface area contributed by atoms with E-state index in [-0.39, 0.29) is 32.1 Å². The van der Waals surface area contributed by atoms with E-state index in [9.17, 15) is 14.7 Å². The molecule has 0 saturated heterocycles. The number of carbonyl (C=O) groups excluding carboxylic acids is 2. The average molecular weight is 429 g/mol. The van der Waals surface area contributed by atoms with Crippen molar-refractivity contribution in [3.63, 3.8) is 0 Å². The molecule has 0 bridgehead atoms. The number of rotatable bonds is 10. The smallest absolute Gasteiger partial charge is 0.410 e. The summed E-state index contributed by atoms with van der Waals surface area (Å²) < 4.78 is 5.50. The van der Waals surface area contributed by atoms with E-state index >= 15 is 0 Å². The second kappa shape index (κ2) is 12.1. The van der Waals surface area contributed by atoms with E-state index in [4.69, 9.17) is 9.57 Å². The number of amides is 2. The van der Waals surface area contributed by atoms with Crippen LogP contribution in [0.5, 0.6) is 0 Å². The van der Waals surface area contributed by atoms with E-state index < -0.39 is 17.7 Å². The highest BCUT2D eigenvalue weighted by Crippen LogP contribution is 2.15. The van der Waals surface area contributed by atoms with Crippen LogP contribution < -0.4 is 5.48 Å². The van der Waals surface area contributed by atoms with E-state index in [2.05, 4.69) is 5.48 Å². The number of nitrogens with zero attached hydrogens (tertiary/aromatic N) is 1. The SMILES string of the molecule is CC(C)(C)OC(=O)N(CCC(=O)NOCc1ccccc1)C(CO)Cc1ccccc1. The second-order valence-electron chi connectivity index (χ2n) is 8.25. The first-order chi connectivity index (χ1) is 14.8. The van der Waals surface area contributed by atoms with Gasteiger partial charge in [-0.3, -0.25) is 9.63 Å². The second-order valence-corrected chi connectivity index (χ2v) is 8.25. The molecule has 7 nitrogen and oxygen atoms in total. The van der Waals surface area contributed by atoms with Crippen LogP contribution in [0.15, 0.2) is 60.7 Å². The minimum Gasteiger partial charge on any atom is -0.444 e. The molecule has 31 heavy (non-hydrogen) atoms. The maximum Gasteiger partial charge on any atom is 0.410 e. The fourth-order valence-electron chi connectivity index (χ4n) is 2.95. The van der Waals surface area contributed by atoms with Crippen LogP contribution in [-0.4, -0.2) is 46.8 Å². The molecule has 0 aromatic heterocycles. The molecule has 168 valence electrons. The van der Waals surface area contributed by atoms with Gasteiger partial charge in [-0.25, -0.2) is 10.3 Å². The zero-order chi connectivity index (χ0) is 22.7. The van der Waals surface area contributed by atoms with Gasteiger partial charge >= 0.3 is 6.09 Å². The summed E-state index contributed by atoms with van der Waals surface area (Å²) in [6.07, 6.45) is -0.109. The van der Waals surface area contributed by atoms with Crippen LogP contribution in [0.4, 0.5) is 4.79 Å². The van der Waals surface area contributed by atoms with Crippen LogP contribution in [0.1, 0.15) is 38.3 Å². The maximum atomic E-state index is 12.8. The molecule has 2 rings (SSSR count). The van der Waals surface area contributed by atoms with Gasteiger partial charge in [-0.05, 0) is 38.3 Å². The number of nitrogens with one attached hydrogen (secondary N) is 1. The number of ether oxygens (including phenoxy) is 1. The summed E-state index contributed by atoms with van der Waals surface area (Å²) in [5, 5.41) is 9.96. The van der Waals surface area contributed by atoms with Crippen molar-refractivity contribution in [2.24, 2.45) is 0 Å². The van der Waals surface area contributed by atoms with Gasteiger partial charge in [0.05, 0.1) is 19.3 Å². The molecule has 0 radical (unpaired) electrons. The van der Waals surface area contributed by atoms with Gasteiger partial charge in [-0.2, -0.15) is 0 Å². The number of hydroxylamine groups is 1. The Morgan fingerprint density at radius 3 is 2.13 bits per heavy atom.